The van der Waals surface area contributed by atoms with Gasteiger partial charge in [-0.2, -0.15) is 0 Å². The van der Waals surface area contributed by atoms with Gasteiger partial charge in [0.05, 0.1) is 24.7 Å². The van der Waals surface area contributed by atoms with Crippen LogP contribution in [0.4, 0.5) is 0 Å². The predicted molar refractivity (Wildman–Crippen MR) is 56.1 cm³/mol. The smallest absolute Gasteiger partial charge is 0.0950 e. The third-order valence-corrected chi connectivity index (χ3v) is 1.89. The van der Waals surface area contributed by atoms with Gasteiger partial charge in [0.1, 0.15) is 0 Å². The Hall–Kier alpha value is -0.870. The van der Waals surface area contributed by atoms with Crippen molar-refractivity contribution in [3.05, 3.63) is 18.2 Å². The highest BCUT2D eigenvalue weighted by Crippen LogP contribution is 1.97. The van der Waals surface area contributed by atoms with E-state index < -0.39 is 0 Å². The summed E-state index contributed by atoms with van der Waals surface area (Å²) in [5.74, 6) is 0. The molecule has 0 atom stereocenters. The number of rotatable bonds is 6. The molecule has 4 nitrogen and oxygen atoms in total. The second-order valence-corrected chi connectivity index (χ2v) is 3.56. The normalized spacial score (nSPS) is 11.1. The number of ether oxygens (including phenoxy) is 1. The maximum atomic E-state index is 5.44. The van der Waals surface area contributed by atoms with E-state index in [2.05, 4.69) is 4.98 Å². The fourth-order valence-corrected chi connectivity index (χ4v) is 1.20. The third kappa shape index (κ3) is 3.89. The first-order valence-electron chi connectivity index (χ1n) is 5.04. The molecular formula is C10H19N3O. The van der Waals surface area contributed by atoms with Gasteiger partial charge in [-0.1, -0.05) is 0 Å². The van der Waals surface area contributed by atoms with Crippen LogP contribution in [0.2, 0.25) is 0 Å². The Balaban J connectivity index is 2.28. The van der Waals surface area contributed by atoms with E-state index in [4.69, 9.17) is 10.5 Å². The van der Waals surface area contributed by atoms with E-state index in [1.165, 1.54) is 0 Å². The SMILES string of the molecule is CC(C)OCCn1cnc(CCN)c1. The lowest BCUT2D eigenvalue weighted by Gasteiger charge is -2.07. The molecule has 0 aliphatic rings. The van der Waals surface area contributed by atoms with Gasteiger partial charge in [-0.15, -0.1) is 0 Å². The molecule has 0 saturated heterocycles. The van der Waals surface area contributed by atoms with Crippen LogP contribution in [0.3, 0.4) is 0 Å². The van der Waals surface area contributed by atoms with Crippen molar-refractivity contribution in [3.63, 3.8) is 0 Å². The minimum atomic E-state index is 0.294. The predicted octanol–water partition coefficient (Wildman–Crippen LogP) is 0.809. The van der Waals surface area contributed by atoms with Gasteiger partial charge in [0.15, 0.2) is 0 Å². The summed E-state index contributed by atoms with van der Waals surface area (Å²) in [7, 11) is 0. The second-order valence-electron chi connectivity index (χ2n) is 3.56. The Morgan fingerprint density at radius 3 is 3.00 bits per heavy atom. The van der Waals surface area contributed by atoms with Crippen LogP contribution in [0.5, 0.6) is 0 Å². The first kappa shape index (κ1) is 11.2. The second kappa shape index (κ2) is 5.78. The summed E-state index contributed by atoms with van der Waals surface area (Å²) < 4.78 is 7.48. The number of aromatic nitrogens is 2. The number of imidazole rings is 1. The van der Waals surface area contributed by atoms with Crippen LogP contribution in [0.25, 0.3) is 0 Å². The molecule has 0 amide bonds. The molecule has 0 bridgehead atoms. The van der Waals surface area contributed by atoms with Gasteiger partial charge >= 0.3 is 0 Å². The van der Waals surface area contributed by atoms with Crippen LogP contribution >= 0.6 is 0 Å². The Morgan fingerprint density at radius 1 is 1.57 bits per heavy atom. The van der Waals surface area contributed by atoms with Crippen LogP contribution in [-0.2, 0) is 17.7 Å². The van der Waals surface area contributed by atoms with Crippen LogP contribution in [0, 0.1) is 0 Å². The Bertz CT molecular complexity index is 258. The van der Waals surface area contributed by atoms with E-state index in [0.29, 0.717) is 12.6 Å². The molecule has 0 spiro atoms. The molecule has 0 saturated carbocycles. The molecule has 0 aromatic carbocycles. The first-order chi connectivity index (χ1) is 6.72. The molecule has 0 radical (unpaired) electrons. The van der Waals surface area contributed by atoms with Crippen molar-refractivity contribution in [2.45, 2.75) is 32.9 Å². The van der Waals surface area contributed by atoms with Crippen molar-refractivity contribution in [2.75, 3.05) is 13.2 Å². The summed E-state index contributed by atoms with van der Waals surface area (Å²) >= 11 is 0. The van der Waals surface area contributed by atoms with Crippen LogP contribution < -0.4 is 5.73 Å². The third-order valence-electron chi connectivity index (χ3n) is 1.89. The molecule has 1 heterocycles. The van der Waals surface area contributed by atoms with Crippen molar-refractivity contribution in [1.82, 2.24) is 9.55 Å². The Morgan fingerprint density at radius 2 is 2.36 bits per heavy atom. The molecule has 2 N–H and O–H groups in total. The Kier molecular flexibility index (Phi) is 4.62. The average Bonchev–Trinajstić information content (AvgIpc) is 2.53. The van der Waals surface area contributed by atoms with Crippen molar-refractivity contribution in [3.8, 4) is 0 Å². The van der Waals surface area contributed by atoms with Gasteiger partial charge in [0.2, 0.25) is 0 Å². The highest BCUT2D eigenvalue weighted by atomic mass is 16.5. The summed E-state index contributed by atoms with van der Waals surface area (Å²) in [6.07, 6.45) is 4.99. The van der Waals surface area contributed by atoms with Crippen LogP contribution in [0.15, 0.2) is 12.5 Å². The molecule has 1 rings (SSSR count). The standard InChI is InChI=1S/C10H19N3O/c1-9(2)14-6-5-13-7-10(3-4-11)12-8-13/h7-9H,3-6,11H2,1-2H3. The highest BCUT2D eigenvalue weighted by Gasteiger charge is 1.98. The molecule has 1 aromatic rings. The number of hydrogen-bond donors (Lipinski definition) is 1. The lowest BCUT2D eigenvalue weighted by molar-refractivity contribution is 0.0727. The molecule has 0 fully saturated rings. The summed E-state index contributed by atoms with van der Waals surface area (Å²) in [4.78, 5) is 4.23. The van der Waals surface area contributed by atoms with Crippen molar-refractivity contribution >= 4 is 0 Å². The zero-order valence-corrected chi connectivity index (χ0v) is 8.94. The lowest BCUT2D eigenvalue weighted by Crippen LogP contribution is -2.09. The van der Waals surface area contributed by atoms with Crippen molar-refractivity contribution < 1.29 is 4.74 Å². The van der Waals surface area contributed by atoms with E-state index in [1.807, 2.05) is 30.9 Å². The molecule has 80 valence electrons. The number of hydrogen-bond acceptors (Lipinski definition) is 3. The first-order valence-corrected chi connectivity index (χ1v) is 5.04. The average molecular weight is 197 g/mol. The van der Waals surface area contributed by atoms with Gasteiger partial charge in [-0.3, -0.25) is 0 Å². The molecule has 0 aliphatic carbocycles. The molecule has 0 aliphatic heterocycles. The Labute approximate surface area is 85.1 Å². The van der Waals surface area contributed by atoms with E-state index in [1.54, 1.807) is 0 Å². The van der Waals surface area contributed by atoms with E-state index in [0.717, 1.165) is 25.3 Å². The van der Waals surface area contributed by atoms with Gasteiger partial charge in [0, 0.05) is 19.2 Å². The monoisotopic (exact) mass is 197 g/mol. The fraction of sp³-hybridized carbons (Fsp3) is 0.700. The fourth-order valence-electron chi connectivity index (χ4n) is 1.20. The molecular weight excluding hydrogens is 178 g/mol. The summed E-state index contributed by atoms with van der Waals surface area (Å²) in [5.41, 5.74) is 6.49. The molecule has 4 heteroatoms. The minimum Gasteiger partial charge on any atom is -0.377 e. The van der Waals surface area contributed by atoms with Gasteiger partial charge in [0.25, 0.3) is 0 Å². The zero-order valence-electron chi connectivity index (χ0n) is 8.94. The van der Waals surface area contributed by atoms with E-state index >= 15 is 0 Å². The maximum Gasteiger partial charge on any atom is 0.0950 e. The summed E-state index contributed by atoms with van der Waals surface area (Å²) in [6.45, 7) is 6.31. The van der Waals surface area contributed by atoms with E-state index in [9.17, 15) is 0 Å². The van der Waals surface area contributed by atoms with Gasteiger partial charge in [-0.05, 0) is 20.4 Å². The number of nitrogens with zero attached hydrogens (tertiary/aromatic N) is 2. The quantitative estimate of drug-likeness (QED) is 0.734. The van der Waals surface area contributed by atoms with Gasteiger partial charge < -0.3 is 15.0 Å². The topological polar surface area (TPSA) is 53.1 Å². The summed E-state index contributed by atoms with van der Waals surface area (Å²) in [5, 5.41) is 0. The van der Waals surface area contributed by atoms with E-state index in [-0.39, 0.29) is 0 Å². The molecule has 0 unspecified atom stereocenters. The maximum absolute atomic E-state index is 5.44. The van der Waals surface area contributed by atoms with Crippen LogP contribution in [0.1, 0.15) is 19.5 Å². The molecule has 14 heavy (non-hydrogen) atoms. The lowest BCUT2D eigenvalue weighted by atomic mass is 10.3. The molecule has 1 aromatic heterocycles. The number of nitrogens with two attached hydrogens (primary N) is 1. The summed E-state index contributed by atoms with van der Waals surface area (Å²) in [6, 6.07) is 0. The highest BCUT2D eigenvalue weighted by molar-refractivity contribution is 4.96. The minimum absolute atomic E-state index is 0.294. The van der Waals surface area contributed by atoms with Crippen molar-refractivity contribution in [1.29, 1.82) is 0 Å². The zero-order chi connectivity index (χ0) is 10.4. The van der Waals surface area contributed by atoms with Crippen molar-refractivity contribution in [2.24, 2.45) is 5.73 Å². The van der Waals surface area contributed by atoms with Crippen LogP contribution in [-0.4, -0.2) is 28.8 Å². The van der Waals surface area contributed by atoms with Gasteiger partial charge in [-0.25, -0.2) is 4.98 Å². The largest absolute Gasteiger partial charge is 0.377 e.